The zero-order valence-corrected chi connectivity index (χ0v) is 19.3. The smallest absolute Gasteiger partial charge is 0.312 e. The number of nitrogens with zero attached hydrogens (tertiary/aromatic N) is 2. The van der Waals surface area contributed by atoms with Gasteiger partial charge in [0.05, 0.1) is 4.92 Å². The van der Waals surface area contributed by atoms with Gasteiger partial charge in [-0.15, -0.1) is 0 Å². The van der Waals surface area contributed by atoms with Gasteiger partial charge in [-0.2, -0.15) is 0 Å². The molecule has 33 heavy (non-hydrogen) atoms. The van der Waals surface area contributed by atoms with E-state index >= 15 is 0 Å². The molecular weight excluding hydrogens is 418 g/mol. The number of ether oxygens (including phenoxy) is 1. The summed E-state index contributed by atoms with van der Waals surface area (Å²) in [6.45, 7) is 6.08. The van der Waals surface area contributed by atoms with Crippen molar-refractivity contribution in [2.24, 2.45) is 0 Å². The highest BCUT2D eigenvalue weighted by Gasteiger charge is 2.28. The Labute approximate surface area is 195 Å². The van der Waals surface area contributed by atoms with Gasteiger partial charge < -0.3 is 25.6 Å². The first-order valence-corrected chi connectivity index (χ1v) is 11.7. The predicted octanol–water partition coefficient (Wildman–Crippen LogP) is 4.39. The summed E-state index contributed by atoms with van der Waals surface area (Å²) in [6, 6.07) is 14.4. The Bertz CT molecular complexity index is 976. The maximum Gasteiger partial charge on any atom is 0.312 e. The molecule has 0 atom stereocenters. The van der Waals surface area contributed by atoms with Crippen molar-refractivity contribution in [3.63, 3.8) is 0 Å². The summed E-state index contributed by atoms with van der Waals surface area (Å²) >= 11 is 0. The molecule has 176 valence electrons. The quantitative estimate of drug-likeness (QED) is 0.385. The van der Waals surface area contributed by atoms with E-state index in [0.29, 0.717) is 6.04 Å². The van der Waals surface area contributed by atoms with Crippen LogP contribution in [-0.2, 0) is 6.42 Å². The summed E-state index contributed by atoms with van der Waals surface area (Å²) in [4.78, 5) is 13.5. The fourth-order valence-corrected chi connectivity index (χ4v) is 4.34. The highest BCUT2D eigenvalue weighted by atomic mass is 16.6. The summed E-state index contributed by atoms with van der Waals surface area (Å²) in [6.07, 6.45) is 7.80. The maximum absolute atomic E-state index is 11.7. The predicted molar refractivity (Wildman–Crippen MR) is 132 cm³/mol. The van der Waals surface area contributed by atoms with E-state index in [9.17, 15) is 10.1 Å². The molecule has 1 saturated heterocycles. The van der Waals surface area contributed by atoms with Gasteiger partial charge in [-0.1, -0.05) is 25.5 Å². The van der Waals surface area contributed by atoms with Crippen molar-refractivity contribution in [1.82, 2.24) is 10.6 Å². The van der Waals surface area contributed by atoms with Crippen LogP contribution >= 0.6 is 0 Å². The number of nitro groups is 1. The van der Waals surface area contributed by atoms with Crippen molar-refractivity contribution in [2.75, 3.05) is 29.9 Å². The second kappa shape index (κ2) is 10.0. The van der Waals surface area contributed by atoms with Gasteiger partial charge in [0.25, 0.3) is 0 Å². The highest BCUT2D eigenvalue weighted by Crippen LogP contribution is 2.33. The average molecular weight is 452 g/mol. The van der Waals surface area contributed by atoms with Crippen LogP contribution in [0.3, 0.4) is 0 Å². The molecule has 1 fully saturated rings. The zero-order chi connectivity index (χ0) is 23.3. The Kier molecular flexibility index (Phi) is 6.91. The number of nitro benzene ring substituents is 1. The normalized spacial score (nSPS) is 17.3. The molecule has 0 spiro atoms. The molecule has 3 N–H and O–H groups in total. The molecule has 2 heterocycles. The van der Waals surface area contributed by atoms with E-state index in [1.807, 2.05) is 13.0 Å². The Hall–Kier alpha value is -3.42. The first-order chi connectivity index (χ1) is 16.0. The topological polar surface area (TPSA) is 91.7 Å². The Balaban J connectivity index is 1.34. The monoisotopic (exact) mass is 451 g/mol. The highest BCUT2D eigenvalue weighted by molar-refractivity contribution is 5.60. The third-order valence-electron chi connectivity index (χ3n) is 6.27. The molecule has 0 bridgehead atoms. The summed E-state index contributed by atoms with van der Waals surface area (Å²) in [5.41, 5.74) is 2.91. The van der Waals surface area contributed by atoms with Crippen LogP contribution in [0, 0.1) is 10.1 Å². The molecule has 2 aromatic carbocycles. The van der Waals surface area contributed by atoms with Gasteiger partial charge in [-0.3, -0.25) is 10.1 Å². The largest absolute Gasteiger partial charge is 0.482 e. The van der Waals surface area contributed by atoms with Crippen LogP contribution in [-0.4, -0.2) is 36.3 Å². The van der Waals surface area contributed by atoms with Crippen LogP contribution in [0.2, 0.25) is 0 Å². The van der Waals surface area contributed by atoms with Gasteiger partial charge in [-0.25, -0.2) is 0 Å². The molecule has 2 aromatic rings. The van der Waals surface area contributed by atoms with E-state index in [2.05, 4.69) is 52.0 Å². The summed E-state index contributed by atoms with van der Waals surface area (Å²) in [5, 5.41) is 21.6. The van der Waals surface area contributed by atoms with Crippen LogP contribution < -0.4 is 25.6 Å². The minimum Gasteiger partial charge on any atom is -0.482 e. The zero-order valence-electron chi connectivity index (χ0n) is 19.3. The molecule has 0 saturated carbocycles. The van der Waals surface area contributed by atoms with Crippen molar-refractivity contribution in [2.45, 2.75) is 51.2 Å². The van der Waals surface area contributed by atoms with Crippen molar-refractivity contribution in [1.29, 1.82) is 0 Å². The summed E-state index contributed by atoms with van der Waals surface area (Å²) in [5.74, 6) is 0.281. The molecule has 0 amide bonds. The Morgan fingerprint density at radius 3 is 2.48 bits per heavy atom. The number of anilines is 2. The molecule has 8 nitrogen and oxygen atoms in total. The minimum absolute atomic E-state index is 0.00512. The molecule has 2 aliphatic rings. The third kappa shape index (κ3) is 5.69. The molecule has 2 aliphatic heterocycles. The lowest BCUT2D eigenvalue weighted by Crippen LogP contribution is -2.50. The molecule has 4 rings (SSSR count). The SMILES string of the molecule is CCCc1ccc(NC2CCN(c3ccc(OCC4(C)NC=CN4)c([N+](=O)[O-])c3)CC2)cc1. The number of nitrogens with one attached hydrogen (secondary N) is 3. The van der Waals surface area contributed by atoms with Crippen molar-refractivity contribution in [3.05, 3.63) is 70.5 Å². The number of piperidine rings is 1. The van der Waals surface area contributed by atoms with E-state index in [-0.39, 0.29) is 23.0 Å². The Morgan fingerprint density at radius 2 is 1.85 bits per heavy atom. The number of hydrogen-bond donors (Lipinski definition) is 3. The number of benzene rings is 2. The second-order valence-corrected chi connectivity index (χ2v) is 9.00. The van der Waals surface area contributed by atoms with Crippen LogP contribution in [0.4, 0.5) is 17.1 Å². The summed E-state index contributed by atoms with van der Waals surface area (Å²) in [7, 11) is 0. The fraction of sp³-hybridized carbons (Fsp3) is 0.440. The molecule has 0 aromatic heterocycles. The number of hydrogen-bond acceptors (Lipinski definition) is 7. The number of rotatable bonds is 9. The van der Waals surface area contributed by atoms with Crippen molar-refractivity contribution in [3.8, 4) is 5.75 Å². The van der Waals surface area contributed by atoms with Crippen LogP contribution in [0.1, 0.15) is 38.7 Å². The van der Waals surface area contributed by atoms with E-state index in [1.54, 1.807) is 24.5 Å². The van der Waals surface area contributed by atoms with Crippen LogP contribution in [0.5, 0.6) is 5.75 Å². The van der Waals surface area contributed by atoms with Gasteiger partial charge in [0, 0.05) is 49.0 Å². The number of aryl methyl sites for hydroxylation is 1. The lowest BCUT2D eigenvalue weighted by molar-refractivity contribution is -0.385. The van der Waals surface area contributed by atoms with Crippen molar-refractivity contribution >= 4 is 17.1 Å². The van der Waals surface area contributed by atoms with Gasteiger partial charge in [-0.05, 0) is 56.0 Å². The van der Waals surface area contributed by atoms with E-state index in [0.717, 1.165) is 50.1 Å². The standard InChI is InChI=1S/C25H33N5O3/c1-3-4-19-5-7-20(8-6-19)28-21-11-15-29(16-12-21)22-9-10-24(23(17-22)30(31)32)33-18-25(2)26-13-14-27-25/h5-10,13-14,17,21,26-28H,3-4,11-12,15-16,18H2,1-2H3. The minimum atomic E-state index is -0.474. The van der Waals surface area contributed by atoms with Gasteiger partial charge >= 0.3 is 5.69 Å². The molecular formula is C25H33N5O3. The third-order valence-corrected chi connectivity index (χ3v) is 6.27. The molecule has 0 unspecified atom stereocenters. The summed E-state index contributed by atoms with van der Waals surface area (Å²) < 4.78 is 5.80. The maximum atomic E-state index is 11.7. The van der Waals surface area contributed by atoms with Crippen LogP contribution in [0.15, 0.2) is 54.9 Å². The first-order valence-electron chi connectivity index (χ1n) is 11.7. The van der Waals surface area contributed by atoms with Crippen molar-refractivity contribution < 1.29 is 9.66 Å². The first kappa shape index (κ1) is 22.8. The molecule has 0 radical (unpaired) electrons. The average Bonchev–Trinajstić information content (AvgIpc) is 3.26. The van der Waals surface area contributed by atoms with E-state index < -0.39 is 5.66 Å². The van der Waals surface area contributed by atoms with Gasteiger partial charge in [0.2, 0.25) is 0 Å². The second-order valence-electron chi connectivity index (χ2n) is 9.00. The van der Waals surface area contributed by atoms with Gasteiger partial charge in [0.1, 0.15) is 12.3 Å². The van der Waals surface area contributed by atoms with Crippen LogP contribution in [0.25, 0.3) is 0 Å². The molecule has 8 heteroatoms. The van der Waals surface area contributed by atoms with Gasteiger partial charge in [0.15, 0.2) is 5.75 Å². The Morgan fingerprint density at radius 1 is 1.15 bits per heavy atom. The molecule has 0 aliphatic carbocycles. The lowest BCUT2D eigenvalue weighted by atomic mass is 10.0. The van der Waals surface area contributed by atoms with E-state index in [4.69, 9.17) is 4.74 Å². The van der Waals surface area contributed by atoms with E-state index in [1.165, 1.54) is 5.56 Å². The lowest BCUT2D eigenvalue weighted by Gasteiger charge is -2.34. The fourth-order valence-electron chi connectivity index (χ4n) is 4.34.